The van der Waals surface area contributed by atoms with Crippen LogP contribution in [0.5, 0.6) is 11.6 Å². The van der Waals surface area contributed by atoms with E-state index in [-0.39, 0.29) is 47.6 Å². The molecule has 0 bridgehead atoms. The highest BCUT2D eigenvalue weighted by molar-refractivity contribution is 7.92. The fourth-order valence-electron chi connectivity index (χ4n) is 2.61. The molecule has 0 saturated heterocycles. The molecule has 2 heterocycles. The summed E-state index contributed by atoms with van der Waals surface area (Å²) in [7, 11) is -2.77. The molecule has 0 spiro atoms. The summed E-state index contributed by atoms with van der Waals surface area (Å²) in [6.45, 7) is -0.602. The number of hydrogen-bond donors (Lipinski definition) is 4. The van der Waals surface area contributed by atoms with Gasteiger partial charge in [0.25, 0.3) is 15.9 Å². The third-order valence-corrected chi connectivity index (χ3v) is 5.43. The Balaban J connectivity index is 1.93. The number of carbonyl (C=O) groups excluding carboxylic acids is 1. The lowest BCUT2D eigenvalue weighted by atomic mass is 10.2. The molecule has 0 unspecified atom stereocenters. The van der Waals surface area contributed by atoms with Gasteiger partial charge in [0.2, 0.25) is 5.88 Å². The lowest BCUT2D eigenvalue weighted by Crippen LogP contribution is -2.39. The zero-order chi connectivity index (χ0) is 20.3. The van der Waals surface area contributed by atoms with Crippen LogP contribution in [0, 0.1) is 0 Å². The molecule has 10 nitrogen and oxygen atoms in total. The molecule has 0 radical (unpaired) electrons. The monoisotopic (exact) mass is 409 g/mol. The van der Waals surface area contributed by atoms with Crippen LogP contribution in [-0.4, -0.2) is 55.9 Å². The number of pyridine rings is 1. The number of nitrogens with zero attached hydrogens (tertiary/aromatic N) is 1. The Kier molecular flexibility index (Phi) is 5.68. The summed E-state index contributed by atoms with van der Waals surface area (Å²) in [5, 5.41) is 21.0. The molecule has 2 aromatic rings. The highest BCUT2D eigenvalue weighted by Crippen LogP contribution is 2.28. The van der Waals surface area contributed by atoms with Crippen LogP contribution in [0.4, 0.5) is 5.69 Å². The summed E-state index contributed by atoms with van der Waals surface area (Å²) in [6, 6.07) is 4.97. The van der Waals surface area contributed by atoms with Crippen LogP contribution in [0.3, 0.4) is 0 Å². The number of nitrogens with one attached hydrogen (secondary N) is 2. The second-order valence-electron chi connectivity index (χ2n) is 5.99. The van der Waals surface area contributed by atoms with Crippen LogP contribution in [0.15, 0.2) is 35.4 Å². The molecular formula is C17H19N3O7S. The van der Waals surface area contributed by atoms with Crippen molar-refractivity contribution < 1.29 is 32.9 Å². The smallest absolute Gasteiger partial charge is 0.265 e. The first-order valence-corrected chi connectivity index (χ1v) is 9.71. The molecule has 3 rings (SSSR count). The second-order valence-corrected chi connectivity index (χ2v) is 7.64. The molecule has 1 aliphatic rings. The van der Waals surface area contributed by atoms with Crippen molar-refractivity contribution in [2.75, 3.05) is 25.0 Å². The van der Waals surface area contributed by atoms with Crippen molar-refractivity contribution in [3.05, 3.63) is 41.6 Å². The molecule has 28 heavy (non-hydrogen) atoms. The Morgan fingerprint density at radius 2 is 2.14 bits per heavy atom. The summed E-state index contributed by atoms with van der Waals surface area (Å²) < 4.78 is 38.4. The molecule has 0 saturated carbocycles. The van der Waals surface area contributed by atoms with Crippen molar-refractivity contribution in [1.82, 2.24) is 10.3 Å². The van der Waals surface area contributed by atoms with E-state index in [4.69, 9.17) is 9.47 Å². The fourth-order valence-corrected chi connectivity index (χ4v) is 3.86. The van der Waals surface area contributed by atoms with Crippen LogP contribution in [0.2, 0.25) is 0 Å². The minimum Gasteiger partial charge on any atom is -0.495 e. The number of aliphatic hydroxyl groups is 2. The summed E-state index contributed by atoms with van der Waals surface area (Å²) in [4.78, 5) is 16.1. The SMILES string of the molecule is COc1ccc(CO)cc1S(=O)(=O)Nc1cnc2c(c1)C(=O)N[C@@H](CO)CO2. The molecule has 1 aromatic carbocycles. The van der Waals surface area contributed by atoms with Crippen LogP contribution in [-0.2, 0) is 16.6 Å². The van der Waals surface area contributed by atoms with Gasteiger partial charge < -0.3 is 25.0 Å². The number of methoxy groups -OCH3 is 1. The second kappa shape index (κ2) is 8.00. The number of carbonyl (C=O) groups is 1. The van der Waals surface area contributed by atoms with Crippen molar-refractivity contribution >= 4 is 21.6 Å². The molecule has 0 fully saturated rings. The standard InChI is InChI=1S/C17H19N3O7S/c1-26-14-3-2-10(7-21)4-15(14)28(24,25)20-11-5-13-16(23)19-12(8-22)9-27-17(13)18-6-11/h2-6,12,20-22H,7-9H2,1H3,(H,19,23)/t12-/m0/s1. The van der Waals surface area contributed by atoms with Crippen LogP contribution < -0.4 is 19.5 Å². The Hall–Kier alpha value is -2.89. The number of rotatable bonds is 6. The van der Waals surface area contributed by atoms with E-state index >= 15 is 0 Å². The number of sulfonamides is 1. The van der Waals surface area contributed by atoms with E-state index < -0.39 is 22.0 Å². The number of amides is 1. The lowest BCUT2D eigenvalue weighted by Gasteiger charge is -2.13. The van der Waals surface area contributed by atoms with E-state index in [0.29, 0.717) is 5.56 Å². The number of aromatic nitrogens is 1. The summed E-state index contributed by atoms with van der Waals surface area (Å²) in [5.74, 6) is -0.407. The summed E-state index contributed by atoms with van der Waals surface area (Å²) in [5.41, 5.74) is 0.465. The molecule has 1 atom stereocenters. The van der Waals surface area contributed by atoms with E-state index in [1.165, 1.54) is 31.5 Å². The third-order valence-electron chi connectivity index (χ3n) is 4.02. The average Bonchev–Trinajstić information content (AvgIpc) is 2.85. The first kappa shape index (κ1) is 19.9. The number of anilines is 1. The highest BCUT2D eigenvalue weighted by atomic mass is 32.2. The van der Waals surface area contributed by atoms with Crippen LogP contribution in [0.1, 0.15) is 15.9 Å². The zero-order valence-corrected chi connectivity index (χ0v) is 15.7. The Bertz CT molecular complexity index is 994. The van der Waals surface area contributed by atoms with Gasteiger partial charge in [0, 0.05) is 0 Å². The normalized spacial score (nSPS) is 16.4. The van der Waals surface area contributed by atoms with Crippen molar-refractivity contribution in [3.8, 4) is 11.6 Å². The maximum absolute atomic E-state index is 12.8. The largest absolute Gasteiger partial charge is 0.495 e. The third kappa shape index (κ3) is 4.01. The quantitative estimate of drug-likeness (QED) is 0.516. The maximum Gasteiger partial charge on any atom is 0.265 e. The number of hydrogen-bond acceptors (Lipinski definition) is 8. The van der Waals surface area contributed by atoms with Crippen LogP contribution >= 0.6 is 0 Å². The van der Waals surface area contributed by atoms with Gasteiger partial charge in [0.1, 0.15) is 22.8 Å². The van der Waals surface area contributed by atoms with Gasteiger partial charge in [-0.25, -0.2) is 13.4 Å². The minimum absolute atomic E-state index is 0.0345. The molecule has 1 amide bonds. The predicted octanol–water partition coefficient (Wildman–Crippen LogP) is -0.134. The summed E-state index contributed by atoms with van der Waals surface area (Å²) >= 11 is 0. The van der Waals surface area contributed by atoms with Crippen molar-refractivity contribution in [2.45, 2.75) is 17.5 Å². The van der Waals surface area contributed by atoms with E-state index in [0.717, 1.165) is 0 Å². The zero-order valence-electron chi connectivity index (χ0n) is 14.9. The first-order valence-electron chi connectivity index (χ1n) is 8.23. The maximum atomic E-state index is 12.8. The van der Waals surface area contributed by atoms with Gasteiger partial charge in [-0.2, -0.15) is 0 Å². The molecule has 1 aliphatic heterocycles. The van der Waals surface area contributed by atoms with E-state index in [1.807, 2.05) is 0 Å². The molecule has 11 heteroatoms. The molecule has 150 valence electrons. The number of aliphatic hydroxyl groups excluding tert-OH is 2. The fraction of sp³-hybridized carbons (Fsp3) is 0.294. The first-order chi connectivity index (χ1) is 13.4. The number of ether oxygens (including phenoxy) is 2. The Morgan fingerprint density at radius 3 is 2.82 bits per heavy atom. The lowest BCUT2D eigenvalue weighted by molar-refractivity contribution is 0.0914. The van der Waals surface area contributed by atoms with Crippen molar-refractivity contribution in [1.29, 1.82) is 0 Å². The van der Waals surface area contributed by atoms with Gasteiger partial charge in [-0.15, -0.1) is 0 Å². The van der Waals surface area contributed by atoms with Gasteiger partial charge in [0.15, 0.2) is 0 Å². The average molecular weight is 409 g/mol. The topological polar surface area (TPSA) is 147 Å². The number of fused-ring (bicyclic) bond motifs is 1. The molecule has 0 aliphatic carbocycles. The molecule has 1 aromatic heterocycles. The van der Waals surface area contributed by atoms with E-state index in [1.54, 1.807) is 6.07 Å². The highest BCUT2D eigenvalue weighted by Gasteiger charge is 2.26. The summed E-state index contributed by atoms with van der Waals surface area (Å²) in [6.07, 6.45) is 1.21. The molecule has 4 N–H and O–H groups in total. The van der Waals surface area contributed by atoms with Crippen molar-refractivity contribution in [2.24, 2.45) is 0 Å². The van der Waals surface area contributed by atoms with E-state index in [2.05, 4.69) is 15.0 Å². The molecular weight excluding hydrogens is 390 g/mol. The van der Waals surface area contributed by atoms with Gasteiger partial charge in [-0.05, 0) is 23.8 Å². The number of benzene rings is 1. The van der Waals surface area contributed by atoms with Gasteiger partial charge >= 0.3 is 0 Å². The van der Waals surface area contributed by atoms with Crippen LogP contribution in [0.25, 0.3) is 0 Å². The van der Waals surface area contributed by atoms with Gasteiger partial charge in [-0.3, -0.25) is 9.52 Å². The predicted molar refractivity (Wildman–Crippen MR) is 97.8 cm³/mol. The minimum atomic E-state index is -4.10. The van der Waals surface area contributed by atoms with Crippen molar-refractivity contribution in [3.63, 3.8) is 0 Å². The Morgan fingerprint density at radius 1 is 1.36 bits per heavy atom. The van der Waals surface area contributed by atoms with Gasteiger partial charge in [-0.1, -0.05) is 6.07 Å². The van der Waals surface area contributed by atoms with E-state index in [9.17, 15) is 23.4 Å². The Labute approximate surface area is 161 Å². The van der Waals surface area contributed by atoms with Gasteiger partial charge in [0.05, 0.1) is 38.2 Å².